The number of hydrogen-bond donors (Lipinski definition) is 2. The Morgan fingerprint density at radius 2 is 2.11 bits per heavy atom. The van der Waals surface area contributed by atoms with Gasteiger partial charge in [0.2, 0.25) is 5.91 Å². The van der Waals surface area contributed by atoms with Crippen LogP contribution in [0.1, 0.15) is 45.1 Å². The topological polar surface area (TPSA) is 64.3 Å². The first kappa shape index (κ1) is 13.9. The molecule has 104 valence electrons. The summed E-state index contributed by atoms with van der Waals surface area (Å²) < 4.78 is 5.53. The quantitative estimate of drug-likeness (QED) is 0.877. The van der Waals surface area contributed by atoms with Gasteiger partial charge in [-0.3, -0.25) is 4.79 Å². The molecule has 4 heteroatoms. The minimum atomic E-state index is -0.252. The molecule has 1 aromatic rings. The molecule has 1 amide bonds. The van der Waals surface area contributed by atoms with Gasteiger partial charge in [0.25, 0.3) is 0 Å². The van der Waals surface area contributed by atoms with E-state index in [0.29, 0.717) is 18.0 Å². The molecule has 0 unspecified atom stereocenters. The van der Waals surface area contributed by atoms with E-state index in [4.69, 9.17) is 10.5 Å². The number of carbonyl (C=O) groups is 1. The molecule has 1 aromatic carbocycles. The first-order chi connectivity index (χ1) is 9.05. The highest BCUT2D eigenvalue weighted by Gasteiger charge is 2.31. The van der Waals surface area contributed by atoms with Crippen LogP contribution in [-0.4, -0.2) is 12.5 Å². The van der Waals surface area contributed by atoms with Gasteiger partial charge in [0, 0.05) is 12.5 Å². The van der Waals surface area contributed by atoms with Gasteiger partial charge in [-0.05, 0) is 37.5 Å². The normalized spacial score (nSPS) is 17.2. The number of anilines is 1. The van der Waals surface area contributed by atoms with Gasteiger partial charge in [-0.1, -0.05) is 18.9 Å². The predicted octanol–water partition coefficient (Wildman–Crippen LogP) is 2.77. The fourth-order valence-electron chi connectivity index (χ4n) is 2.70. The number of hydrogen-bond acceptors (Lipinski definition) is 3. The average Bonchev–Trinajstić information content (AvgIpc) is 2.79. The molecule has 0 bridgehead atoms. The van der Waals surface area contributed by atoms with Crippen LogP contribution in [0.25, 0.3) is 0 Å². The maximum absolute atomic E-state index is 11.3. The van der Waals surface area contributed by atoms with Crippen LogP contribution in [-0.2, 0) is 10.3 Å². The van der Waals surface area contributed by atoms with Gasteiger partial charge in [-0.25, -0.2) is 0 Å². The van der Waals surface area contributed by atoms with E-state index in [2.05, 4.69) is 5.32 Å². The largest absolute Gasteiger partial charge is 0.492 e. The standard InChI is InChI=1S/C15H22N2O2/c1-3-19-14-7-6-12(10-13(14)17-11(2)18)15(16)8-4-5-9-15/h6-7,10H,3-5,8-9,16H2,1-2H3,(H,17,18). The van der Waals surface area contributed by atoms with Crippen molar-refractivity contribution in [3.05, 3.63) is 23.8 Å². The van der Waals surface area contributed by atoms with Crippen LogP contribution in [0.4, 0.5) is 5.69 Å². The Bertz CT molecular complexity index is 465. The fraction of sp³-hybridized carbons (Fsp3) is 0.533. The Balaban J connectivity index is 2.34. The van der Waals surface area contributed by atoms with E-state index in [0.717, 1.165) is 18.4 Å². The molecule has 0 saturated heterocycles. The maximum Gasteiger partial charge on any atom is 0.221 e. The SMILES string of the molecule is CCOc1ccc(C2(N)CCCC2)cc1NC(C)=O. The third-order valence-electron chi connectivity index (χ3n) is 3.66. The van der Waals surface area contributed by atoms with Crippen molar-refractivity contribution in [3.63, 3.8) is 0 Å². The van der Waals surface area contributed by atoms with Gasteiger partial charge in [0.05, 0.1) is 12.3 Å². The third kappa shape index (κ3) is 3.07. The van der Waals surface area contributed by atoms with Crippen LogP contribution < -0.4 is 15.8 Å². The lowest BCUT2D eigenvalue weighted by Crippen LogP contribution is -2.33. The molecule has 1 aliphatic carbocycles. The summed E-state index contributed by atoms with van der Waals surface area (Å²) in [6.45, 7) is 3.99. The summed E-state index contributed by atoms with van der Waals surface area (Å²) in [6, 6.07) is 5.87. The number of nitrogens with one attached hydrogen (secondary N) is 1. The van der Waals surface area contributed by atoms with Crippen molar-refractivity contribution in [3.8, 4) is 5.75 Å². The van der Waals surface area contributed by atoms with Crippen LogP contribution in [0.5, 0.6) is 5.75 Å². The second-order valence-electron chi connectivity index (χ2n) is 5.19. The summed E-state index contributed by atoms with van der Waals surface area (Å²) in [7, 11) is 0. The van der Waals surface area contributed by atoms with E-state index in [1.54, 1.807) is 0 Å². The number of ether oxygens (including phenoxy) is 1. The molecule has 0 radical (unpaired) electrons. The zero-order valence-corrected chi connectivity index (χ0v) is 11.7. The minimum absolute atomic E-state index is 0.101. The number of nitrogens with two attached hydrogens (primary N) is 1. The van der Waals surface area contributed by atoms with Crippen molar-refractivity contribution in [2.45, 2.75) is 45.1 Å². The first-order valence-electron chi connectivity index (χ1n) is 6.89. The van der Waals surface area contributed by atoms with Crippen LogP contribution in [0.3, 0.4) is 0 Å². The summed E-state index contributed by atoms with van der Waals surface area (Å²) in [4.78, 5) is 11.3. The Morgan fingerprint density at radius 1 is 1.42 bits per heavy atom. The highest BCUT2D eigenvalue weighted by atomic mass is 16.5. The Labute approximate surface area is 114 Å². The molecule has 0 heterocycles. The predicted molar refractivity (Wildman–Crippen MR) is 76.2 cm³/mol. The van der Waals surface area contributed by atoms with Crippen LogP contribution >= 0.6 is 0 Å². The molecule has 0 spiro atoms. The zero-order chi connectivity index (χ0) is 13.9. The van der Waals surface area contributed by atoms with Crippen molar-refractivity contribution in [1.29, 1.82) is 0 Å². The lowest BCUT2D eigenvalue weighted by atomic mass is 9.89. The monoisotopic (exact) mass is 262 g/mol. The lowest BCUT2D eigenvalue weighted by Gasteiger charge is -2.25. The van der Waals surface area contributed by atoms with Crippen LogP contribution in [0, 0.1) is 0 Å². The third-order valence-corrected chi connectivity index (χ3v) is 3.66. The molecule has 1 fully saturated rings. The maximum atomic E-state index is 11.3. The Kier molecular flexibility index (Phi) is 4.10. The number of amides is 1. The van der Waals surface area contributed by atoms with Crippen LogP contribution in [0.15, 0.2) is 18.2 Å². The zero-order valence-electron chi connectivity index (χ0n) is 11.7. The van der Waals surface area contributed by atoms with Crippen LogP contribution in [0.2, 0.25) is 0 Å². The molecule has 3 N–H and O–H groups in total. The van der Waals surface area contributed by atoms with Gasteiger partial charge in [-0.2, -0.15) is 0 Å². The number of rotatable bonds is 4. The van der Waals surface area contributed by atoms with Crippen molar-refractivity contribution >= 4 is 11.6 Å². The summed E-state index contributed by atoms with van der Waals surface area (Å²) in [6.07, 6.45) is 4.33. The summed E-state index contributed by atoms with van der Waals surface area (Å²) in [5, 5.41) is 2.82. The van der Waals surface area contributed by atoms with E-state index in [1.807, 2.05) is 25.1 Å². The molecule has 4 nitrogen and oxygen atoms in total. The second-order valence-corrected chi connectivity index (χ2v) is 5.19. The van der Waals surface area contributed by atoms with E-state index in [-0.39, 0.29) is 11.4 Å². The van der Waals surface area contributed by atoms with E-state index in [9.17, 15) is 4.79 Å². The molecular formula is C15H22N2O2. The average molecular weight is 262 g/mol. The van der Waals surface area contributed by atoms with E-state index >= 15 is 0 Å². The van der Waals surface area contributed by atoms with Crippen molar-refractivity contribution < 1.29 is 9.53 Å². The molecule has 19 heavy (non-hydrogen) atoms. The molecule has 1 saturated carbocycles. The van der Waals surface area contributed by atoms with Crippen molar-refractivity contribution in [2.24, 2.45) is 5.73 Å². The molecule has 0 aromatic heterocycles. The number of carbonyl (C=O) groups excluding carboxylic acids is 1. The smallest absolute Gasteiger partial charge is 0.221 e. The molecule has 2 rings (SSSR count). The summed E-state index contributed by atoms with van der Waals surface area (Å²) >= 11 is 0. The molecular weight excluding hydrogens is 240 g/mol. The minimum Gasteiger partial charge on any atom is -0.492 e. The Hall–Kier alpha value is -1.55. The van der Waals surface area contributed by atoms with Crippen molar-refractivity contribution in [2.75, 3.05) is 11.9 Å². The molecule has 0 atom stereocenters. The van der Waals surface area contributed by atoms with Gasteiger partial charge < -0.3 is 15.8 Å². The summed E-state index contributed by atoms with van der Waals surface area (Å²) in [5.41, 5.74) is 7.99. The lowest BCUT2D eigenvalue weighted by molar-refractivity contribution is -0.114. The number of benzene rings is 1. The van der Waals surface area contributed by atoms with Gasteiger partial charge in [-0.15, -0.1) is 0 Å². The highest BCUT2D eigenvalue weighted by Crippen LogP contribution is 2.39. The van der Waals surface area contributed by atoms with Gasteiger partial charge >= 0.3 is 0 Å². The fourth-order valence-corrected chi connectivity index (χ4v) is 2.70. The van der Waals surface area contributed by atoms with Gasteiger partial charge in [0.1, 0.15) is 5.75 Å². The molecule has 0 aliphatic heterocycles. The van der Waals surface area contributed by atoms with E-state index in [1.165, 1.54) is 19.8 Å². The van der Waals surface area contributed by atoms with Crippen molar-refractivity contribution in [1.82, 2.24) is 0 Å². The Morgan fingerprint density at radius 3 is 2.68 bits per heavy atom. The first-order valence-corrected chi connectivity index (χ1v) is 6.89. The second kappa shape index (κ2) is 5.61. The highest BCUT2D eigenvalue weighted by molar-refractivity contribution is 5.90. The summed E-state index contributed by atoms with van der Waals surface area (Å²) in [5.74, 6) is 0.596. The van der Waals surface area contributed by atoms with Gasteiger partial charge in [0.15, 0.2) is 0 Å². The van der Waals surface area contributed by atoms with E-state index < -0.39 is 0 Å². The molecule has 1 aliphatic rings.